The minimum absolute atomic E-state index is 0.172. The second-order valence-corrected chi connectivity index (χ2v) is 8.96. The Morgan fingerprint density at radius 2 is 1.72 bits per heavy atom. The van der Waals surface area contributed by atoms with Gasteiger partial charge in [-0.1, -0.05) is 67.6 Å². The molecule has 0 radical (unpaired) electrons. The molecule has 0 bridgehead atoms. The fourth-order valence-corrected chi connectivity index (χ4v) is 4.93. The Morgan fingerprint density at radius 1 is 0.972 bits per heavy atom. The van der Waals surface area contributed by atoms with Crippen molar-refractivity contribution in [3.05, 3.63) is 102 Å². The van der Waals surface area contributed by atoms with Gasteiger partial charge in [-0.15, -0.1) is 0 Å². The monoisotopic (exact) mass is 475 g/mol. The molecule has 0 fully saturated rings. The van der Waals surface area contributed by atoms with Crippen molar-refractivity contribution in [2.75, 3.05) is 12.4 Å². The molecule has 1 aromatic heterocycles. The van der Waals surface area contributed by atoms with Gasteiger partial charge in [0.2, 0.25) is 5.91 Å². The first-order chi connectivity index (χ1) is 17.5. The van der Waals surface area contributed by atoms with Crippen molar-refractivity contribution in [2.45, 2.75) is 27.2 Å². The Bertz CT molecular complexity index is 1620. The SMILES string of the molecule is CCc1ccccc1NC(=O)/C=C(\C)c1cc2c(-c3cccc4ccccc34)coc2c(C)c1OC. The lowest BCUT2D eigenvalue weighted by atomic mass is 9.94. The number of amides is 1. The third kappa shape index (κ3) is 4.16. The van der Waals surface area contributed by atoms with E-state index in [0.717, 1.165) is 56.5 Å². The third-order valence-corrected chi connectivity index (χ3v) is 6.76. The molecule has 4 aromatic carbocycles. The highest BCUT2D eigenvalue weighted by Gasteiger charge is 2.19. The van der Waals surface area contributed by atoms with Gasteiger partial charge in [0.05, 0.1) is 13.4 Å². The molecule has 0 unspecified atom stereocenters. The van der Waals surface area contributed by atoms with E-state index in [9.17, 15) is 4.79 Å². The molecule has 4 nitrogen and oxygen atoms in total. The Morgan fingerprint density at radius 3 is 2.53 bits per heavy atom. The topological polar surface area (TPSA) is 51.5 Å². The molecule has 36 heavy (non-hydrogen) atoms. The quantitative estimate of drug-likeness (QED) is 0.252. The van der Waals surface area contributed by atoms with Gasteiger partial charge in [-0.3, -0.25) is 4.79 Å². The first-order valence-corrected chi connectivity index (χ1v) is 12.2. The highest BCUT2D eigenvalue weighted by molar-refractivity contribution is 6.08. The van der Waals surface area contributed by atoms with E-state index in [0.29, 0.717) is 5.75 Å². The molecule has 0 aliphatic rings. The Balaban J connectivity index is 1.61. The fourth-order valence-electron chi connectivity index (χ4n) is 4.93. The standard InChI is InChI=1S/C32H29NO3/c1-5-22-11-7-9-16-29(22)33-30(34)17-20(2)26-18-27-28(19-36-32(27)21(3)31(26)35-4)25-15-10-13-23-12-6-8-14-24(23)25/h6-19H,5H2,1-4H3,(H,33,34)/b20-17+. The molecule has 4 heteroatoms. The van der Waals surface area contributed by atoms with Crippen molar-refractivity contribution in [3.63, 3.8) is 0 Å². The average Bonchev–Trinajstić information content (AvgIpc) is 3.32. The average molecular weight is 476 g/mol. The molecule has 1 amide bonds. The number of allylic oxidation sites excluding steroid dienone is 1. The maximum atomic E-state index is 13.0. The number of rotatable bonds is 6. The summed E-state index contributed by atoms with van der Waals surface area (Å²) in [7, 11) is 1.65. The van der Waals surface area contributed by atoms with Gasteiger partial charge >= 0.3 is 0 Å². The van der Waals surface area contributed by atoms with Crippen LogP contribution in [0.5, 0.6) is 5.75 Å². The summed E-state index contributed by atoms with van der Waals surface area (Å²) in [5, 5.41) is 6.36. The van der Waals surface area contributed by atoms with Crippen molar-refractivity contribution in [1.82, 2.24) is 0 Å². The van der Waals surface area contributed by atoms with Gasteiger partial charge in [0, 0.05) is 33.8 Å². The van der Waals surface area contributed by atoms with Gasteiger partial charge in [-0.05, 0) is 59.9 Å². The number of carbonyl (C=O) groups is 1. The van der Waals surface area contributed by atoms with Gasteiger partial charge < -0.3 is 14.5 Å². The van der Waals surface area contributed by atoms with Gasteiger partial charge in [0.1, 0.15) is 11.3 Å². The van der Waals surface area contributed by atoms with Crippen LogP contribution in [0.4, 0.5) is 5.69 Å². The number of benzene rings is 4. The Hall–Kier alpha value is -4.31. The normalized spacial score (nSPS) is 11.7. The molecule has 1 heterocycles. The predicted octanol–water partition coefficient (Wildman–Crippen LogP) is 8.17. The van der Waals surface area contributed by atoms with Crippen LogP contribution in [0.1, 0.15) is 30.5 Å². The number of ether oxygens (including phenoxy) is 1. The molecular formula is C32H29NO3. The van der Waals surface area contributed by atoms with Gasteiger partial charge in [-0.25, -0.2) is 0 Å². The van der Waals surface area contributed by atoms with Crippen LogP contribution in [0.2, 0.25) is 0 Å². The lowest BCUT2D eigenvalue weighted by molar-refractivity contribution is -0.111. The second-order valence-electron chi connectivity index (χ2n) is 8.96. The van der Waals surface area contributed by atoms with E-state index < -0.39 is 0 Å². The van der Waals surface area contributed by atoms with Crippen LogP contribution in [0.25, 0.3) is 38.4 Å². The first-order valence-electron chi connectivity index (χ1n) is 12.2. The summed E-state index contributed by atoms with van der Waals surface area (Å²) in [6.45, 7) is 6.01. The summed E-state index contributed by atoms with van der Waals surface area (Å²) in [6.07, 6.45) is 4.30. The number of nitrogens with one attached hydrogen (secondary N) is 1. The predicted molar refractivity (Wildman–Crippen MR) is 149 cm³/mol. The second kappa shape index (κ2) is 9.74. The maximum absolute atomic E-state index is 13.0. The van der Waals surface area contributed by atoms with Crippen LogP contribution in [0.15, 0.2) is 89.6 Å². The van der Waals surface area contributed by atoms with Crippen molar-refractivity contribution in [3.8, 4) is 16.9 Å². The molecule has 5 aromatic rings. The lowest BCUT2D eigenvalue weighted by Gasteiger charge is -2.14. The largest absolute Gasteiger partial charge is 0.496 e. The zero-order chi connectivity index (χ0) is 25.2. The van der Waals surface area contributed by atoms with E-state index in [1.807, 2.05) is 50.4 Å². The van der Waals surface area contributed by atoms with Gasteiger partial charge in [-0.2, -0.15) is 0 Å². The minimum Gasteiger partial charge on any atom is -0.496 e. The summed E-state index contributed by atoms with van der Waals surface area (Å²) in [6, 6.07) is 24.6. The molecule has 0 aliphatic carbocycles. The van der Waals surface area contributed by atoms with E-state index >= 15 is 0 Å². The molecule has 0 saturated carbocycles. The number of fused-ring (bicyclic) bond motifs is 2. The molecule has 5 rings (SSSR count). The third-order valence-electron chi connectivity index (χ3n) is 6.76. The summed E-state index contributed by atoms with van der Waals surface area (Å²) in [5.74, 6) is 0.534. The number of hydrogen-bond acceptors (Lipinski definition) is 3. The molecule has 1 N–H and O–H groups in total. The highest BCUT2D eigenvalue weighted by Crippen LogP contribution is 2.42. The summed E-state index contributed by atoms with van der Waals surface area (Å²) >= 11 is 0. The van der Waals surface area contributed by atoms with Crippen LogP contribution >= 0.6 is 0 Å². The molecule has 0 atom stereocenters. The Kier molecular flexibility index (Phi) is 6.34. The molecule has 0 saturated heterocycles. The van der Waals surface area contributed by atoms with Crippen molar-refractivity contribution in [2.24, 2.45) is 0 Å². The lowest BCUT2D eigenvalue weighted by Crippen LogP contribution is -2.10. The van der Waals surface area contributed by atoms with Crippen molar-refractivity contribution < 1.29 is 13.9 Å². The number of furan rings is 1. The van der Waals surface area contributed by atoms with Crippen molar-refractivity contribution in [1.29, 1.82) is 0 Å². The number of anilines is 1. The first kappa shape index (κ1) is 23.4. The van der Waals surface area contributed by atoms with E-state index in [1.165, 1.54) is 10.8 Å². The van der Waals surface area contributed by atoms with Crippen LogP contribution in [-0.4, -0.2) is 13.0 Å². The number of carbonyl (C=O) groups excluding carboxylic acids is 1. The zero-order valence-electron chi connectivity index (χ0n) is 21.0. The summed E-state index contributed by atoms with van der Waals surface area (Å²) in [5.41, 5.74) is 7.43. The van der Waals surface area contributed by atoms with E-state index in [-0.39, 0.29) is 5.91 Å². The number of para-hydroxylation sites is 1. The maximum Gasteiger partial charge on any atom is 0.248 e. The number of aryl methyl sites for hydroxylation is 2. The zero-order valence-corrected chi connectivity index (χ0v) is 21.0. The molecule has 180 valence electrons. The smallest absolute Gasteiger partial charge is 0.248 e. The van der Waals surface area contributed by atoms with Crippen LogP contribution < -0.4 is 10.1 Å². The molecule has 0 spiro atoms. The summed E-state index contributed by atoms with van der Waals surface area (Å²) < 4.78 is 11.9. The van der Waals surface area contributed by atoms with Crippen molar-refractivity contribution >= 4 is 38.9 Å². The summed E-state index contributed by atoms with van der Waals surface area (Å²) in [4.78, 5) is 13.0. The number of hydrogen-bond donors (Lipinski definition) is 1. The molecule has 0 aliphatic heterocycles. The van der Waals surface area contributed by atoms with Crippen LogP contribution in [-0.2, 0) is 11.2 Å². The van der Waals surface area contributed by atoms with E-state index in [1.54, 1.807) is 13.2 Å². The van der Waals surface area contributed by atoms with Crippen LogP contribution in [0.3, 0.4) is 0 Å². The molecular weight excluding hydrogens is 446 g/mol. The van der Waals surface area contributed by atoms with E-state index in [4.69, 9.17) is 9.15 Å². The Labute approximate surface area is 211 Å². The van der Waals surface area contributed by atoms with E-state index in [2.05, 4.69) is 54.7 Å². The van der Waals surface area contributed by atoms with Gasteiger partial charge in [0.25, 0.3) is 0 Å². The highest BCUT2D eigenvalue weighted by atomic mass is 16.5. The fraction of sp³-hybridized carbons (Fsp3) is 0.156. The minimum atomic E-state index is -0.172. The van der Waals surface area contributed by atoms with Gasteiger partial charge in [0.15, 0.2) is 0 Å². The van der Waals surface area contributed by atoms with Crippen LogP contribution in [0, 0.1) is 6.92 Å². The number of methoxy groups -OCH3 is 1.